The van der Waals surface area contributed by atoms with Crippen molar-refractivity contribution in [1.29, 1.82) is 0 Å². The number of anilines is 1. The third kappa shape index (κ3) is 2.41. The van der Waals surface area contributed by atoms with E-state index < -0.39 is 0 Å². The summed E-state index contributed by atoms with van der Waals surface area (Å²) in [6.45, 7) is 1.43. The smallest absolute Gasteiger partial charge is 0.222 e. The van der Waals surface area contributed by atoms with Gasteiger partial charge >= 0.3 is 0 Å². The topological polar surface area (TPSA) is 85.0 Å². The lowest BCUT2D eigenvalue weighted by Crippen LogP contribution is -2.27. The molecule has 0 aromatic carbocycles. The summed E-state index contributed by atoms with van der Waals surface area (Å²) in [7, 11) is 0. The molecule has 7 heteroatoms. The van der Waals surface area contributed by atoms with Crippen LogP contribution in [0, 0.1) is 5.92 Å². The minimum Gasteiger partial charge on any atom is -0.369 e. The van der Waals surface area contributed by atoms with Gasteiger partial charge in [0.1, 0.15) is 5.69 Å². The standard InChI is InChI=1S/C12H13N5OS/c13-10(18)8-4-6-17(7-8)12-16-15-11(19-12)9-3-1-2-5-14-9/h1-3,5,8H,4,6-7H2,(H2,13,18). The molecule has 1 fully saturated rings. The first-order chi connectivity index (χ1) is 9.24. The molecule has 1 aliphatic heterocycles. The first-order valence-corrected chi connectivity index (χ1v) is 6.85. The Bertz CT molecular complexity index is 585. The second kappa shape index (κ2) is 4.93. The summed E-state index contributed by atoms with van der Waals surface area (Å²) in [5.41, 5.74) is 6.14. The number of carbonyl (C=O) groups is 1. The number of pyridine rings is 1. The van der Waals surface area contributed by atoms with Crippen LogP contribution in [-0.2, 0) is 4.79 Å². The van der Waals surface area contributed by atoms with Gasteiger partial charge in [-0.15, -0.1) is 10.2 Å². The predicted molar refractivity (Wildman–Crippen MR) is 72.7 cm³/mol. The number of nitrogens with two attached hydrogens (primary N) is 1. The van der Waals surface area contributed by atoms with Crippen LogP contribution < -0.4 is 10.6 Å². The van der Waals surface area contributed by atoms with Crippen molar-refractivity contribution in [2.45, 2.75) is 6.42 Å². The molecule has 1 atom stereocenters. The Balaban J connectivity index is 1.78. The average Bonchev–Trinajstić information content (AvgIpc) is 3.09. The van der Waals surface area contributed by atoms with Gasteiger partial charge in [0.2, 0.25) is 11.0 Å². The minimum atomic E-state index is -0.239. The molecule has 2 aromatic rings. The molecule has 1 saturated heterocycles. The second-order valence-corrected chi connectivity index (χ2v) is 5.39. The number of primary amides is 1. The van der Waals surface area contributed by atoms with E-state index >= 15 is 0 Å². The van der Waals surface area contributed by atoms with Crippen LogP contribution in [0.5, 0.6) is 0 Å². The lowest BCUT2D eigenvalue weighted by atomic mass is 10.1. The molecule has 0 aliphatic carbocycles. The zero-order valence-electron chi connectivity index (χ0n) is 10.2. The Hall–Kier alpha value is -2.02. The zero-order valence-corrected chi connectivity index (χ0v) is 11.0. The first-order valence-electron chi connectivity index (χ1n) is 6.03. The van der Waals surface area contributed by atoms with Crippen LogP contribution in [-0.4, -0.2) is 34.2 Å². The molecule has 19 heavy (non-hydrogen) atoms. The van der Waals surface area contributed by atoms with Crippen LogP contribution >= 0.6 is 11.3 Å². The first kappa shape index (κ1) is 12.0. The van der Waals surface area contributed by atoms with Crippen LogP contribution in [0.25, 0.3) is 10.7 Å². The average molecular weight is 275 g/mol. The SMILES string of the molecule is NC(=O)C1CCN(c2nnc(-c3ccccn3)s2)C1. The van der Waals surface area contributed by atoms with Crippen molar-refractivity contribution < 1.29 is 4.79 Å². The molecular weight excluding hydrogens is 262 g/mol. The number of hydrogen-bond acceptors (Lipinski definition) is 6. The molecule has 0 radical (unpaired) electrons. The van der Waals surface area contributed by atoms with E-state index in [1.165, 1.54) is 11.3 Å². The van der Waals surface area contributed by atoms with Crippen molar-refractivity contribution in [2.24, 2.45) is 11.7 Å². The van der Waals surface area contributed by atoms with Gasteiger partial charge in [0.25, 0.3) is 0 Å². The Morgan fingerprint density at radius 1 is 1.42 bits per heavy atom. The lowest BCUT2D eigenvalue weighted by molar-refractivity contribution is -0.121. The van der Waals surface area contributed by atoms with Crippen LogP contribution in [0.2, 0.25) is 0 Å². The molecule has 3 heterocycles. The van der Waals surface area contributed by atoms with E-state index in [0.717, 1.165) is 28.8 Å². The quantitative estimate of drug-likeness (QED) is 0.900. The predicted octanol–water partition coefficient (Wildman–Crippen LogP) is 0.912. The van der Waals surface area contributed by atoms with Crippen molar-refractivity contribution in [3.63, 3.8) is 0 Å². The maximum atomic E-state index is 11.2. The molecule has 98 valence electrons. The van der Waals surface area contributed by atoms with Gasteiger partial charge < -0.3 is 10.6 Å². The Morgan fingerprint density at radius 3 is 3.00 bits per heavy atom. The van der Waals surface area contributed by atoms with E-state index in [2.05, 4.69) is 20.1 Å². The van der Waals surface area contributed by atoms with Crippen LogP contribution in [0.4, 0.5) is 5.13 Å². The number of amides is 1. The summed E-state index contributed by atoms with van der Waals surface area (Å²) >= 11 is 1.49. The second-order valence-electron chi connectivity index (χ2n) is 4.44. The van der Waals surface area contributed by atoms with Crippen LogP contribution in [0.15, 0.2) is 24.4 Å². The van der Waals surface area contributed by atoms with E-state index in [1.54, 1.807) is 6.20 Å². The summed E-state index contributed by atoms with van der Waals surface area (Å²) in [4.78, 5) is 17.5. The molecule has 1 unspecified atom stereocenters. The Labute approximate surface area is 114 Å². The minimum absolute atomic E-state index is 0.0813. The Kier molecular flexibility index (Phi) is 3.12. The summed E-state index contributed by atoms with van der Waals surface area (Å²) in [5, 5.41) is 9.93. The molecule has 2 N–H and O–H groups in total. The van der Waals surface area contributed by atoms with Gasteiger partial charge in [-0.3, -0.25) is 9.78 Å². The van der Waals surface area contributed by atoms with E-state index in [-0.39, 0.29) is 11.8 Å². The highest BCUT2D eigenvalue weighted by atomic mass is 32.1. The fraction of sp³-hybridized carbons (Fsp3) is 0.333. The summed E-state index contributed by atoms with van der Waals surface area (Å²) in [6, 6.07) is 5.69. The van der Waals surface area contributed by atoms with Crippen molar-refractivity contribution >= 4 is 22.4 Å². The summed E-state index contributed by atoms with van der Waals surface area (Å²) in [5.74, 6) is -0.320. The Morgan fingerprint density at radius 2 is 2.32 bits per heavy atom. The van der Waals surface area contributed by atoms with Gasteiger partial charge in [0.15, 0.2) is 5.01 Å². The highest BCUT2D eigenvalue weighted by Crippen LogP contribution is 2.30. The van der Waals surface area contributed by atoms with Gasteiger partial charge in [-0.2, -0.15) is 0 Å². The van der Waals surface area contributed by atoms with Gasteiger partial charge in [-0.1, -0.05) is 17.4 Å². The van der Waals surface area contributed by atoms with Crippen molar-refractivity contribution in [3.8, 4) is 10.7 Å². The molecule has 3 rings (SSSR count). The number of carbonyl (C=O) groups excluding carboxylic acids is 1. The maximum Gasteiger partial charge on any atom is 0.222 e. The fourth-order valence-electron chi connectivity index (χ4n) is 2.10. The molecule has 0 spiro atoms. The van der Waals surface area contributed by atoms with Crippen LogP contribution in [0.1, 0.15) is 6.42 Å². The van der Waals surface area contributed by atoms with E-state index in [0.29, 0.717) is 6.54 Å². The third-order valence-corrected chi connectivity index (χ3v) is 4.17. The number of aromatic nitrogens is 3. The molecule has 1 aliphatic rings. The monoisotopic (exact) mass is 275 g/mol. The third-order valence-electron chi connectivity index (χ3n) is 3.16. The van der Waals surface area contributed by atoms with E-state index in [1.807, 2.05) is 18.2 Å². The van der Waals surface area contributed by atoms with E-state index in [4.69, 9.17) is 5.73 Å². The highest BCUT2D eigenvalue weighted by molar-refractivity contribution is 7.18. The number of rotatable bonds is 3. The van der Waals surface area contributed by atoms with Crippen molar-refractivity contribution in [3.05, 3.63) is 24.4 Å². The molecule has 0 saturated carbocycles. The van der Waals surface area contributed by atoms with Gasteiger partial charge in [-0.25, -0.2) is 0 Å². The molecule has 0 bridgehead atoms. The highest BCUT2D eigenvalue weighted by Gasteiger charge is 2.28. The van der Waals surface area contributed by atoms with Gasteiger partial charge in [0.05, 0.1) is 5.92 Å². The van der Waals surface area contributed by atoms with Gasteiger partial charge in [0, 0.05) is 19.3 Å². The number of hydrogen-bond donors (Lipinski definition) is 1. The summed E-state index contributed by atoms with van der Waals surface area (Å²) < 4.78 is 0. The normalized spacial score (nSPS) is 18.7. The molecule has 6 nitrogen and oxygen atoms in total. The maximum absolute atomic E-state index is 11.2. The fourth-order valence-corrected chi connectivity index (χ4v) is 2.96. The summed E-state index contributed by atoms with van der Waals surface area (Å²) in [6.07, 6.45) is 2.52. The molecule has 2 aromatic heterocycles. The van der Waals surface area contributed by atoms with Gasteiger partial charge in [-0.05, 0) is 18.6 Å². The van der Waals surface area contributed by atoms with Crippen molar-refractivity contribution in [1.82, 2.24) is 15.2 Å². The van der Waals surface area contributed by atoms with Crippen LogP contribution in [0.3, 0.4) is 0 Å². The lowest BCUT2D eigenvalue weighted by Gasteiger charge is -2.12. The largest absolute Gasteiger partial charge is 0.369 e. The zero-order chi connectivity index (χ0) is 13.2. The molecular formula is C12H13N5OS. The van der Waals surface area contributed by atoms with E-state index in [9.17, 15) is 4.79 Å². The van der Waals surface area contributed by atoms with Crippen molar-refractivity contribution in [2.75, 3.05) is 18.0 Å². The molecule has 1 amide bonds. The number of nitrogens with zero attached hydrogens (tertiary/aromatic N) is 4.